The third-order valence-electron chi connectivity index (χ3n) is 11.1. The number of methoxy groups -OCH3 is 4. The topological polar surface area (TPSA) is 158 Å². The summed E-state index contributed by atoms with van der Waals surface area (Å²) in [7, 11) is 2.93. The van der Waals surface area contributed by atoms with Crippen LogP contribution in [0.25, 0.3) is 0 Å². The van der Waals surface area contributed by atoms with Crippen molar-refractivity contribution in [1.82, 2.24) is 0 Å². The van der Waals surface area contributed by atoms with Gasteiger partial charge in [0.25, 0.3) is 8.32 Å². The molecule has 0 aromatic heterocycles. The molecule has 61 heavy (non-hydrogen) atoms. The smallest absolute Gasteiger partial charge is 0.339 e. The van der Waals surface area contributed by atoms with E-state index in [2.05, 4.69) is 20.8 Å². The van der Waals surface area contributed by atoms with E-state index in [1.807, 2.05) is 91.0 Å². The SMILES string of the molecule is COC1OC(CO[Si](c2ccccc2)(c2ccccc2)C(C)(C)C)C(O)C(O)C1OC(=O)c1ccccc1C(=O)OCC1OC(Sc2ccccc2)C(OC)C(OC)C1OC. The van der Waals surface area contributed by atoms with Crippen LogP contribution in [0.5, 0.6) is 0 Å². The van der Waals surface area contributed by atoms with E-state index < -0.39 is 80.8 Å². The van der Waals surface area contributed by atoms with Crippen LogP contribution in [0, 0.1) is 0 Å². The maximum absolute atomic E-state index is 13.9. The third-order valence-corrected chi connectivity index (χ3v) is 17.3. The van der Waals surface area contributed by atoms with Crippen molar-refractivity contribution in [3.8, 4) is 0 Å². The molecule has 2 aliphatic rings. The number of rotatable bonds is 16. The quantitative estimate of drug-likeness (QED) is 0.119. The Hall–Kier alpha value is -3.97. The van der Waals surface area contributed by atoms with Crippen molar-refractivity contribution in [3.05, 3.63) is 126 Å². The fourth-order valence-corrected chi connectivity index (χ4v) is 13.9. The first-order valence-corrected chi connectivity index (χ1v) is 22.9. The molecule has 328 valence electrons. The van der Waals surface area contributed by atoms with Crippen molar-refractivity contribution in [3.63, 3.8) is 0 Å². The van der Waals surface area contributed by atoms with Crippen molar-refractivity contribution >= 4 is 42.4 Å². The van der Waals surface area contributed by atoms with E-state index in [9.17, 15) is 19.8 Å². The summed E-state index contributed by atoms with van der Waals surface area (Å²) >= 11 is 1.44. The molecule has 10 atom stereocenters. The normalized spacial score (nSPS) is 27.0. The maximum Gasteiger partial charge on any atom is 0.339 e. The van der Waals surface area contributed by atoms with E-state index in [1.54, 1.807) is 26.4 Å². The van der Waals surface area contributed by atoms with Crippen molar-refractivity contribution in [2.45, 2.75) is 91.3 Å². The minimum Gasteiger partial charge on any atom is -0.459 e. The van der Waals surface area contributed by atoms with Crippen LogP contribution in [0.4, 0.5) is 0 Å². The Morgan fingerprint density at radius 1 is 0.607 bits per heavy atom. The van der Waals surface area contributed by atoms with E-state index in [0.29, 0.717) is 0 Å². The fraction of sp³-hybridized carbons (Fsp3) is 0.435. The average Bonchev–Trinajstić information content (AvgIpc) is 3.28. The number of benzene rings is 4. The highest BCUT2D eigenvalue weighted by molar-refractivity contribution is 7.99. The van der Waals surface area contributed by atoms with Gasteiger partial charge in [0.2, 0.25) is 0 Å². The molecule has 0 saturated carbocycles. The second-order valence-corrected chi connectivity index (χ2v) is 21.3. The molecule has 6 rings (SSSR count). The standard InChI is InChI=1S/C46H56O13SSi/c1-46(2,3)61(30-21-13-9-14-22-30,31-23-15-10-16-24-31)56-28-34-36(47)37(48)39(44(54-7)57-34)59-43(50)33-26-18-17-25-32(33)42(49)55-27-35-38(51-4)40(52-5)41(53-6)45(58-35)60-29-19-11-8-12-20-29/h8-26,34-41,44-45,47-48H,27-28H2,1-7H3. The van der Waals surface area contributed by atoms with Gasteiger partial charge in [-0.1, -0.05) is 124 Å². The number of carbonyl (C=O) groups excluding carboxylic acids is 2. The first kappa shape index (κ1) is 46.5. The zero-order chi connectivity index (χ0) is 43.7. The highest BCUT2D eigenvalue weighted by Crippen LogP contribution is 2.39. The van der Waals surface area contributed by atoms with Crippen LogP contribution in [0.15, 0.2) is 120 Å². The van der Waals surface area contributed by atoms with Gasteiger partial charge in [-0.15, -0.1) is 0 Å². The zero-order valence-corrected chi connectivity index (χ0v) is 37.3. The van der Waals surface area contributed by atoms with Gasteiger partial charge in [0.15, 0.2) is 12.4 Å². The predicted octanol–water partition coefficient (Wildman–Crippen LogP) is 4.60. The summed E-state index contributed by atoms with van der Waals surface area (Å²) in [5.74, 6) is -1.80. The van der Waals surface area contributed by atoms with Crippen molar-refractivity contribution < 1.29 is 62.1 Å². The number of aliphatic hydroxyl groups is 2. The van der Waals surface area contributed by atoms with Crippen LogP contribution >= 0.6 is 11.8 Å². The van der Waals surface area contributed by atoms with E-state index >= 15 is 0 Å². The number of hydrogen-bond donors (Lipinski definition) is 2. The van der Waals surface area contributed by atoms with Gasteiger partial charge < -0.3 is 52.5 Å². The van der Waals surface area contributed by atoms with Gasteiger partial charge in [-0.25, -0.2) is 9.59 Å². The molecule has 0 radical (unpaired) electrons. The summed E-state index contributed by atoms with van der Waals surface area (Å²) < 4.78 is 54.1. The van der Waals surface area contributed by atoms with Crippen LogP contribution in [0.3, 0.4) is 0 Å². The first-order chi connectivity index (χ1) is 29.4. The van der Waals surface area contributed by atoms with Gasteiger partial charge in [-0.2, -0.15) is 0 Å². The van der Waals surface area contributed by atoms with Gasteiger partial charge in [0.05, 0.1) is 17.7 Å². The lowest BCUT2D eigenvalue weighted by Crippen LogP contribution is -2.68. The molecule has 0 spiro atoms. The van der Waals surface area contributed by atoms with E-state index in [0.717, 1.165) is 15.3 Å². The number of ether oxygens (including phenoxy) is 8. The summed E-state index contributed by atoms with van der Waals surface area (Å²) in [6, 6.07) is 35.6. The first-order valence-electron chi connectivity index (χ1n) is 20.1. The van der Waals surface area contributed by atoms with Crippen molar-refractivity contribution in [2.24, 2.45) is 0 Å². The van der Waals surface area contributed by atoms with Crippen molar-refractivity contribution in [2.75, 3.05) is 41.7 Å². The number of thioether (sulfide) groups is 1. The Morgan fingerprint density at radius 2 is 1.13 bits per heavy atom. The Balaban J connectivity index is 1.15. The fourth-order valence-electron chi connectivity index (χ4n) is 8.13. The zero-order valence-electron chi connectivity index (χ0n) is 35.5. The van der Waals surface area contributed by atoms with Crippen LogP contribution in [-0.4, -0.2) is 133 Å². The minimum absolute atomic E-state index is 0.0946. The number of aliphatic hydroxyl groups excluding tert-OH is 2. The van der Waals surface area contributed by atoms with Crippen molar-refractivity contribution in [1.29, 1.82) is 0 Å². The molecule has 13 nitrogen and oxygen atoms in total. The summed E-state index contributed by atoms with van der Waals surface area (Å²) in [5.41, 5.74) is -0.770. The summed E-state index contributed by atoms with van der Waals surface area (Å²) in [4.78, 5) is 28.5. The van der Waals surface area contributed by atoms with E-state index in [4.69, 9.17) is 42.3 Å². The second kappa shape index (κ2) is 20.9. The van der Waals surface area contributed by atoms with E-state index in [1.165, 1.54) is 38.1 Å². The summed E-state index contributed by atoms with van der Waals surface area (Å²) in [6.45, 7) is 6.04. The predicted molar refractivity (Wildman–Crippen MR) is 231 cm³/mol. The number of esters is 2. The van der Waals surface area contributed by atoms with E-state index in [-0.39, 0.29) is 29.4 Å². The lowest BCUT2D eigenvalue weighted by molar-refractivity contribution is -0.292. The van der Waals surface area contributed by atoms with Crippen LogP contribution in [-0.2, 0) is 42.3 Å². The van der Waals surface area contributed by atoms with Crippen LogP contribution < -0.4 is 10.4 Å². The van der Waals surface area contributed by atoms with Crippen LogP contribution in [0.2, 0.25) is 5.04 Å². The summed E-state index contributed by atoms with van der Waals surface area (Å²) in [5, 5.41) is 24.7. The molecule has 4 aromatic rings. The Bertz CT molecular complexity index is 1960. The molecular formula is C46H56O13SSi. The minimum atomic E-state index is -3.05. The van der Waals surface area contributed by atoms with Gasteiger partial charge in [0, 0.05) is 33.3 Å². The highest BCUT2D eigenvalue weighted by atomic mass is 32.2. The van der Waals surface area contributed by atoms with Gasteiger partial charge >= 0.3 is 11.9 Å². The molecular weight excluding hydrogens is 821 g/mol. The molecule has 2 N–H and O–H groups in total. The van der Waals surface area contributed by atoms with Gasteiger partial charge in [-0.05, 0) is 39.7 Å². The van der Waals surface area contributed by atoms with Crippen LogP contribution in [0.1, 0.15) is 41.5 Å². The Labute approximate surface area is 362 Å². The van der Waals surface area contributed by atoms with Gasteiger partial charge in [-0.3, -0.25) is 0 Å². The second-order valence-electron chi connectivity index (χ2n) is 15.8. The largest absolute Gasteiger partial charge is 0.459 e. The molecule has 2 fully saturated rings. The lowest BCUT2D eigenvalue weighted by Gasteiger charge is -2.46. The molecule has 2 saturated heterocycles. The molecule has 15 heteroatoms. The third kappa shape index (κ3) is 10.1. The average molecular weight is 877 g/mol. The summed E-state index contributed by atoms with van der Waals surface area (Å²) in [6.07, 6.45) is -9.52. The number of hydrogen-bond acceptors (Lipinski definition) is 14. The molecule has 2 heterocycles. The highest BCUT2D eigenvalue weighted by Gasteiger charge is 2.53. The maximum atomic E-state index is 13.9. The molecule has 2 aliphatic heterocycles. The Morgan fingerprint density at radius 3 is 1.66 bits per heavy atom. The molecule has 0 aliphatic carbocycles. The molecule has 10 unspecified atom stereocenters. The van der Waals surface area contributed by atoms with Gasteiger partial charge in [0.1, 0.15) is 54.8 Å². The lowest BCUT2D eigenvalue weighted by atomic mass is 9.99. The Kier molecular flexibility index (Phi) is 16.0. The molecule has 0 amide bonds. The molecule has 0 bridgehead atoms. The molecule has 4 aromatic carbocycles. The monoisotopic (exact) mass is 876 g/mol. The number of carbonyl (C=O) groups is 2.